The van der Waals surface area contributed by atoms with E-state index >= 15 is 0 Å². The Hall–Kier alpha value is -2.50. The lowest BCUT2D eigenvalue weighted by Gasteiger charge is -2.40. The fourth-order valence-electron chi connectivity index (χ4n) is 4.29. The minimum Gasteiger partial charge on any atom is -0.454 e. The van der Waals surface area contributed by atoms with E-state index in [1.807, 2.05) is 11.0 Å². The van der Waals surface area contributed by atoms with Crippen LogP contribution in [0, 0.1) is 5.41 Å². The third-order valence-electron chi connectivity index (χ3n) is 5.58. The molecule has 1 amide bonds. The first-order chi connectivity index (χ1) is 13.1. The zero-order valence-corrected chi connectivity index (χ0v) is 16.1. The van der Waals surface area contributed by atoms with Crippen LogP contribution in [0.25, 0.3) is 0 Å². The average molecular weight is 369 g/mol. The van der Waals surface area contributed by atoms with Gasteiger partial charge in [-0.2, -0.15) is 5.10 Å². The zero-order chi connectivity index (χ0) is 18.9. The molecule has 1 N–H and O–H groups in total. The molecule has 0 spiro atoms. The summed E-state index contributed by atoms with van der Waals surface area (Å²) in [5.41, 5.74) is 2.96. The van der Waals surface area contributed by atoms with Crippen LogP contribution in [0.2, 0.25) is 0 Å². The van der Waals surface area contributed by atoms with Crippen LogP contribution >= 0.6 is 0 Å². The SMILES string of the molecule is CCCc1[nH]ncc1C(=O)N1CCC[C@@](C)(Cc2ccc3c(c2)OCO3)C1. The van der Waals surface area contributed by atoms with E-state index in [2.05, 4.69) is 36.2 Å². The number of hydrogen-bond donors (Lipinski definition) is 1. The number of aromatic nitrogens is 2. The molecular formula is C21H27N3O3. The van der Waals surface area contributed by atoms with Crippen LogP contribution in [0.1, 0.15) is 54.7 Å². The van der Waals surface area contributed by atoms with Crippen molar-refractivity contribution in [2.75, 3.05) is 19.9 Å². The lowest BCUT2D eigenvalue weighted by molar-refractivity contribution is 0.0549. The number of carbonyl (C=O) groups is 1. The van der Waals surface area contributed by atoms with Crippen molar-refractivity contribution in [1.29, 1.82) is 0 Å². The minimum absolute atomic E-state index is 0.0518. The van der Waals surface area contributed by atoms with Gasteiger partial charge in [-0.15, -0.1) is 0 Å². The van der Waals surface area contributed by atoms with E-state index in [-0.39, 0.29) is 11.3 Å². The average Bonchev–Trinajstić information content (AvgIpc) is 3.30. The standard InChI is InChI=1S/C21H27N3O3/c1-3-5-17-16(12-22-23-17)20(25)24-9-4-8-21(2,13-24)11-15-6-7-18-19(10-15)27-14-26-18/h6-7,10,12H,3-5,8-9,11,13-14H2,1-2H3,(H,22,23)/t21-/m0/s1. The predicted molar refractivity (Wildman–Crippen MR) is 102 cm³/mol. The molecule has 3 heterocycles. The molecule has 0 aliphatic carbocycles. The van der Waals surface area contributed by atoms with Gasteiger partial charge >= 0.3 is 0 Å². The monoisotopic (exact) mass is 369 g/mol. The molecule has 4 rings (SSSR count). The van der Waals surface area contributed by atoms with Gasteiger partial charge in [-0.3, -0.25) is 9.89 Å². The third kappa shape index (κ3) is 3.66. The van der Waals surface area contributed by atoms with Crippen LogP contribution in [0.15, 0.2) is 24.4 Å². The van der Waals surface area contributed by atoms with Crippen LogP contribution in [-0.2, 0) is 12.8 Å². The van der Waals surface area contributed by atoms with Crippen molar-refractivity contribution < 1.29 is 14.3 Å². The van der Waals surface area contributed by atoms with Crippen molar-refractivity contribution in [3.8, 4) is 11.5 Å². The largest absolute Gasteiger partial charge is 0.454 e. The Morgan fingerprint density at radius 3 is 3.04 bits per heavy atom. The maximum atomic E-state index is 13.1. The number of aromatic amines is 1. The van der Waals surface area contributed by atoms with E-state index in [9.17, 15) is 4.79 Å². The van der Waals surface area contributed by atoms with Crippen molar-refractivity contribution in [2.24, 2.45) is 5.41 Å². The first kappa shape index (κ1) is 17.9. The Morgan fingerprint density at radius 1 is 1.33 bits per heavy atom. The van der Waals surface area contributed by atoms with Gasteiger partial charge in [-0.1, -0.05) is 26.3 Å². The summed E-state index contributed by atoms with van der Waals surface area (Å²) in [6.45, 7) is 6.25. The summed E-state index contributed by atoms with van der Waals surface area (Å²) in [6, 6.07) is 6.16. The molecular weight excluding hydrogens is 342 g/mol. The topological polar surface area (TPSA) is 67.5 Å². The second-order valence-corrected chi connectivity index (χ2v) is 8.02. The highest BCUT2D eigenvalue weighted by Gasteiger charge is 2.34. The summed E-state index contributed by atoms with van der Waals surface area (Å²) in [5, 5.41) is 7.08. The quantitative estimate of drug-likeness (QED) is 0.875. The van der Waals surface area contributed by atoms with Crippen LogP contribution in [0.3, 0.4) is 0 Å². The molecule has 0 bridgehead atoms. The number of benzene rings is 1. The number of nitrogens with zero attached hydrogens (tertiary/aromatic N) is 2. The van der Waals surface area contributed by atoms with Gasteiger partial charge in [0.1, 0.15) is 0 Å². The Kier molecular flexibility index (Phi) is 4.81. The molecule has 1 atom stereocenters. The highest BCUT2D eigenvalue weighted by molar-refractivity contribution is 5.95. The van der Waals surface area contributed by atoms with Gasteiger partial charge in [0.2, 0.25) is 6.79 Å². The lowest BCUT2D eigenvalue weighted by Crippen LogP contribution is -2.45. The number of carbonyl (C=O) groups excluding carboxylic acids is 1. The normalized spacial score (nSPS) is 21.5. The van der Waals surface area contributed by atoms with Crippen molar-refractivity contribution >= 4 is 5.91 Å². The zero-order valence-electron chi connectivity index (χ0n) is 16.1. The second-order valence-electron chi connectivity index (χ2n) is 8.02. The Bertz CT molecular complexity index is 832. The van der Waals surface area contributed by atoms with E-state index in [1.54, 1.807) is 6.20 Å². The van der Waals surface area contributed by atoms with Gasteiger partial charge in [0, 0.05) is 18.8 Å². The number of hydrogen-bond acceptors (Lipinski definition) is 4. The van der Waals surface area contributed by atoms with Gasteiger partial charge in [0.05, 0.1) is 11.8 Å². The molecule has 2 aromatic rings. The van der Waals surface area contributed by atoms with Crippen molar-refractivity contribution in [3.63, 3.8) is 0 Å². The van der Waals surface area contributed by atoms with Crippen LogP contribution in [0.4, 0.5) is 0 Å². The number of likely N-dealkylation sites (tertiary alicyclic amines) is 1. The number of aryl methyl sites for hydroxylation is 1. The number of H-pyrrole nitrogens is 1. The lowest BCUT2D eigenvalue weighted by atomic mass is 9.76. The van der Waals surface area contributed by atoms with Crippen molar-refractivity contribution in [2.45, 2.75) is 46.0 Å². The number of amides is 1. The number of piperidine rings is 1. The summed E-state index contributed by atoms with van der Waals surface area (Å²) in [6.07, 6.45) is 6.57. The second kappa shape index (κ2) is 7.25. The molecule has 0 saturated carbocycles. The van der Waals surface area contributed by atoms with E-state index in [4.69, 9.17) is 9.47 Å². The van der Waals surface area contributed by atoms with Crippen LogP contribution in [0.5, 0.6) is 11.5 Å². The fourth-order valence-corrected chi connectivity index (χ4v) is 4.29. The maximum absolute atomic E-state index is 13.1. The molecule has 144 valence electrons. The summed E-state index contributed by atoms with van der Waals surface area (Å²) in [5.74, 6) is 1.74. The number of rotatable bonds is 5. The first-order valence-electron chi connectivity index (χ1n) is 9.78. The highest BCUT2D eigenvalue weighted by atomic mass is 16.7. The summed E-state index contributed by atoms with van der Waals surface area (Å²) >= 11 is 0. The van der Waals surface area contributed by atoms with E-state index in [1.165, 1.54) is 5.56 Å². The molecule has 27 heavy (non-hydrogen) atoms. The molecule has 2 aliphatic rings. The Morgan fingerprint density at radius 2 is 2.19 bits per heavy atom. The van der Waals surface area contributed by atoms with Crippen molar-refractivity contribution in [3.05, 3.63) is 41.2 Å². The molecule has 1 aromatic heterocycles. The molecule has 1 saturated heterocycles. The van der Waals surface area contributed by atoms with E-state index in [0.29, 0.717) is 6.79 Å². The number of ether oxygens (including phenoxy) is 2. The maximum Gasteiger partial charge on any atom is 0.257 e. The number of nitrogens with one attached hydrogen (secondary N) is 1. The molecule has 6 heteroatoms. The number of fused-ring (bicyclic) bond motifs is 1. The van der Waals surface area contributed by atoms with Crippen molar-refractivity contribution in [1.82, 2.24) is 15.1 Å². The van der Waals surface area contributed by atoms with Gasteiger partial charge in [0.25, 0.3) is 5.91 Å². The summed E-state index contributed by atoms with van der Waals surface area (Å²) < 4.78 is 10.9. The minimum atomic E-state index is 0.0518. The van der Waals surface area contributed by atoms with E-state index in [0.717, 1.165) is 68.0 Å². The van der Waals surface area contributed by atoms with Gasteiger partial charge in [-0.25, -0.2) is 0 Å². The van der Waals surface area contributed by atoms with Gasteiger partial charge in [-0.05, 0) is 48.8 Å². The molecule has 1 aromatic carbocycles. The summed E-state index contributed by atoms with van der Waals surface area (Å²) in [4.78, 5) is 15.1. The van der Waals surface area contributed by atoms with Gasteiger partial charge < -0.3 is 14.4 Å². The van der Waals surface area contributed by atoms with Gasteiger partial charge in [0.15, 0.2) is 11.5 Å². The highest BCUT2D eigenvalue weighted by Crippen LogP contribution is 2.38. The van der Waals surface area contributed by atoms with Crippen LogP contribution in [-0.4, -0.2) is 40.9 Å². The predicted octanol–water partition coefficient (Wildman–Crippen LogP) is 3.58. The van der Waals surface area contributed by atoms with E-state index < -0.39 is 0 Å². The third-order valence-corrected chi connectivity index (χ3v) is 5.58. The van der Waals surface area contributed by atoms with Crippen LogP contribution < -0.4 is 9.47 Å². The molecule has 2 aliphatic heterocycles. The Balaban J connectivity index is 1.48. The Labute approximate surface area is 159 Å². The molecule has 1 fully saturated rings. The molecule has 0 unspecified atom stereocenters. The summed E-state index contributed by atoms with van der Waals surface area (Å²) in [7, 11) is 0. The smallest absolute Gasteiger partial charge is 0.257 e. The first-order valence-corrected chi connectivity index (χ1v) is 9.78. The fraction of sp³-hybridized carbons (Fsp3) is 0.524. The molecule has 6 nitrogen and oxygen atoms in total. The molecule has 0 radical (unpaired) electrons.